The second-order valence-corrected chi connectivity index (χ2v) is 5.60. The highest BCUT2D eigenvalue weighted by molar-refractivity contribution is 5.70. The Kier molecular flexibility index (Phi) is 3.75. The Morgan fingerprint density at radius 3 is 3.00 bits per heavy atom. The molecule has 1 unspecified atom stereocenters. The van der Waals surface area contributed by atoms with Gasteiger partial charge in [-0.25, -0.2) is 4.79 Å². The summed E-state index contributed by atoms with van der Waals surface area (Å²) in [4.78, 5) is 12.4. The Morgan fingerprint density at radius 2 is 2.32 bits per heavy atom. The summed E-state index contributed by atoms with van der Waals surface area (Å²) in [6, 6.07) is 7.93. The number of fused-ring (bicyclic) bond motifs is 1. The molecule has 2 aromatic rings. The van der Waals surface area contributed by atoms with Gasteiger partial charge in [-0.05, 0) is 24.1 Å². The van der Waals surface area contributed by atoms with Crippen LogP contribution in [0.5, 0.6) is 5.75 Å². The number of carboxylic acid groups (broad SMARTS) is 1. The van der Waals surface area contributed by atoms with E-state index in [2.05, 4.69) is 5.10 Å². The van der Waals surface area contributed by atoms with Crippen LogP contribution in [0.15, 0.2) is 30.5 Å². The van der Waals surface area contributed by atoms with Gasteiger partial charge in [0.05, 0.1) is 12.3 Å². The minimum Gasteiger partial charge on any atom is -0.493 e. The second kappa shape index (κ2) is 5.71. The van der Waals surface area contributed by atoms with Gasteiger partial charge in [-0.1, -0.05) is 12.1 Å². The summed E-state index contributed by atoms with van der Waals surface area (Å²) in [7, 11) is 3.48. The van der Waals surface area contributed by atoms with Crippen LogP contribution in [-0.4, -0.2) is 46.1 Å². The van der Waals surface area contributed by atoms with Crippen molar-refractivity contribution in [3.63, 3.8) is 0 Å². The van der Waals surface area contributed by atoms with Crippen molar-refractivity contribution in [3.05, 3.63) is 36.0 Å². The average Bonchev–Trinajstić information content (AvgIpc) is 2.93. The molecule has 1 amide bonds. The largest absolute Gasteiger partial charge is 0.493 e. The molecule has 0 aliphatic carbocycles. The number of carbonyl (C=O) groups is 1. The predicted molar refractivity (Wildman–Crippen MR) is 82.2 cm³/mol. The molecular weight excluding hydrogens is 282 g/mol. The SMILES string of the molecule is CN(CC1CCOc2c(-c3ccn(C)n3)cccc21)C(=O)O. The van der Waals surface area contributed by atoms with E-state index in [0.717, 1.165) is 29.0 Å². The van der Waals surface area contributed by atoms with Crippen LogP contribution in [0.2, 0.25) is 0 Å². The zero-order chi connectivity index (χ0) is 15.7. The molecule has 1 aromatic heterocycles. The molecule has 0 saturated carbocycles. The van der Waals surface area contributed by atoms with Crippen LogP contribution >= 0.6 is 0 Å². The number of amides is 1. The molecule has 22 heavy (non-hydrogen) atoms. The summed E-state index contributed by atoms with van der Waals surface area (Å²) in [5.41, 5.74) is 2.88. The lowest BCUT2D eigenvalue weighted by Gasteiger charge is -2.29. The molecule has 3 rings (SSSR count). The number of benzene rings is 1. The van der Waals surface area contributed by atoms with Gasteiger partial charge in [0.25, 0.3) is 0 Å². The van der Waals surface area contributed by atoms with Crippen LogP contribution in [0.4, 0.5) is 4.79 Å². The van der Waals surface area contributed by atoms with Gasteiger partial charge in [0, 0.05) is 38.3 Å². The minimum absolute atomic E-state index is 0.147. The lowest BCUT2D eigenvalue weighted by Crippen LogP contribution is -2.31. The molecule has 0 fully saturated rings. The van der Waals surface area contributed by atoms with Crippen molar-refractivity contribution in [1.29, 1.82) is 0 Å². The number of hydrogen-bond donors (Lipinski definition) is 1. The summed E-state index contributed by atoms with van der Waals surface area (Å²) in [6.45, 7) is 1.06. The van der Waals surface area contributed by atoms with E-state index in [1.165, 1.54) is 4.90 Å². The maximum absolute atomic E-state index is 11.1. The van der Waals surface area contributed by atoms with Gasteiger partial charge in [0.1, 0.15) is 5.75 Å². The van der Waals surface area contributed by atoms with E-state index in [9.17, 15) is 4.79 Å². The summed E-state index contributed by atoms with van der Waals surface area (Å²) in [5.74, 6) is 0.977. The molecule has 6 heteroatoms. The number of aromatic nitrogens is 2. The lowest BCUT2D eigenvalue weighted by atomic mass is 9.90. The molecule has 0 bridgehead atoms. The Bertz CT molecular complexity index is 696. The zero-order valence-electron chi connectivity index (χ0n) is 12.7. The third-order valence-corrected chi connectivity index (χ3v) is 4.01. The lowest BCUT2D eigenvalue weighted by molar-refractivity contribution is 0.149. The van der Waals surface area contributed by atoms with Crippen molar-refractivity contribution in [2.45, 2.75) is 12.3 Å². The van der Waals surface area contributed by atoms with E-state index in [1.807, 2.05) is 37.5 Å². The molecule has 1 aromatic carbocycles. The third kappa shape index (κ3) is 2.64. The van der Waals surface area contributed by atoms with E-state index < -0.39 is 6.09 Å². The van der Waals surface area contributed by atoms with Gasteiger partial charge in [0.2, 0.25) is 0 Å². The Hall–Kier alpha value is -2.50. The van der Waals surface area contributed by atoms with E-state index >= 15 is 0 Å². The number of para-hydroxylation sites is 1. The molecule has 1 aliphatic rings. The van der Waals surface area contributed by atoms with Crippen LogP contribution < -0.4 is 4.74 Å². The monoisotopic (exact) mass is 301 g/mol. The van der Waals surface area contributed by atoms with Crippen LogP contribution in [0.25, 0.3) is 11.3 Å². The van der Waals surface area contributed by atoms with Crippen molar-refractivity contribution >= 4 is 6.09 Å². The van der Waals surface area contributed by atoms with Gasteiger partial charge in [-0.2, -0.15) is 5.10 Å². The van der Waals surface area contributed by atoms with Crippen molar-refractivity contribution in [2.75, 3.05) is 20.2 Å². The molecule has 116 valence electrons. The smallest absolute Gasteiger partial charge is 0.407 e. The summed E-state index contributed by atoms with van der Waals surface area (Å²) in [6.07, 6.45) is 1.80. The van der Waals surface area contributed by atoms with Crippen LogP contribution in [0.1, 0.15) is 17.9 Å². The summed E-state index contributed by atoms with van der Waals surface area (Å²) in [5, 5.41) is 13.5. The first-order valence-electron chi connectivity index (χ1n) is 7.26. The molecule has 6 nitrogen and oxygen atoms in total. The zero-order valence-corrected chi connectivity index (χ0v) is 12.7. The average molecular weight is 301 g/mol. The molecule has 2 heterocycles. The molecular formula is C16H19N3O3. The maximum atomic E-state index is 11.1. The number of rotatable bonds is 3. The Balaban J connectivity index is 1.96. The minimum atomic E-state index is -0.908. The van der Waals surface area contributed by atoms with Gasteiger partial charge in [0.15, 0.2) is 0 Å². The third-order valence-electron chi connectivity index (χ3n) is 4.01. The van der Waals surface area contributed by atoms with Crippen LogP contribution in [0.3, 0.4) is 0 Å². The summed E-state index contributed by atoms with van der Waals surface area (Å²) >= 11 is 0. The van der Waals surface area contributed by atoms with Crippen molar-refractivity contribution in [1.82, 2.24) is 14.7 Å². The van der Waals surface area contributed by atoms with E-state index in [0.29, 0.717) is 13.2 Å². The number of likely N-dealkylation sites (N-methyl/N-ethyl adjacent to an activating group) is 1. The van der Waals surface area contributed by atoms with Gasteiger partial charge in [-0.3, -0.25) is 4.68 Å². The fourth-order valence-corrected chi connectivity index (χ4v) is 2.85. The molecule has 1 aliphatic heterocycles. The summed E-state index contributed by atoms with van der Waals surface area (Å²) < 4.78 is 7.63. The molecule has 0 radical (unpaired) electrons. The van der Waals surface area contributed by atoms with Crippen LogP contribution in [0, 0.1) is 0 Å². The number of aryl methyl sites for hydroxylation is 1. The van der Waals surface area contributed by atoms with Gasteiger partial charge < -0.3 is 14.7 Å². The van der Waals surface area contributed by atoms with Crippen molar-refractivity contribution in [2.24, 2.45) is 7.05 Å². The second-order valence-electron chi connectivity index (χ2n) is 5.60. The van der Waals surface area contributed by atoms with E-state index in [-0.39, 0.29) is 5.92 Å². The fraction of sp³-hybridized carbons (Fsp3) is 0.375. The van der Waals surface area contributed by atoms with Crippen molar-refractivity contribution < 1.29 is 14.6 Å². The number of nitrogens with zero attached hydrogens (tertiary/aromatic N) is 3. The van der Waals surface area contributed by atoms with Gasteiger partial charge in [-0.15, -0.1) is 0 Å². The van der Waals surface area contributed by atoms with Gasteiger partial charge >= 0.3 is 6.09 Å². The molecule has 1 atom stereocenters. The first-order chi connectivity index (χ1) is 10.6. The number of ether oxygens (including phenoxy) is 1. The highest BCUT2D eigenvalue weighted by atomic mass is 16.5. The standard InChI is InChI=1S/C16H19N3O3/c1-18(16(20)21)10-11-7-9-22-15-12(11)4-3-5-13(15)14-6-8-19(2)17-14/h3-6,8,11H,7,9-10H2,1-2H3,(H,20,21). The van der Waals surface area contributed by atoms with E-state index in [4.69, 9.17) is 9.84 Å². The first kappa shape index (κ1) is 14.4. The highest BCUT2D eigenvalue weighted by Gasteiger charge is 2.26. The fourth-order valence-electron chi connectivity index (χ4n) is 2.85. The van der Waals surface area contributed by atoms with E-state index in [1.54, 1.807) is 11.7 Å². The first-order valence-corrected chi connectivity index (χ1v) is 7.26. The number of hydrogen-bond acceptors (Lipinski definition) is 3. The quantitative estimate of drug-likeness (QED) is 0.946. The maximum Gasteiger partial charge on any atom is 0.407 e. The van der Waals surface area contributed by atoms with Crippen LogP contribution in [-0.2, 0) is 7.05 Å². The highest BCUT2D eigenvalue weighted by Crippen LogP contribution is 2.40. The molecule has 1 N–H and O–H groups in total. The predicted octanol–water partition coefficient (Wildman–Crippen LogP) is 2.56. The normalized spacial score (nSPS) is 16.7. The molecule has 0 saturated heterocycles. The topological polar surface area (TPSA) is 67.6 Å². The molecule has 0 spiro atoms. The van der Waals surface area contributed by atoms with Crippen molar-refractivity contribution in [3.8, 4) is 17.0 Å². The Labute approximate surface area is 128 Å². The Morgan fingerprint density at radius 1 is 1.50 bits per heavy atom.